The van der Waals surface area contributed by atoms with Crippen molar-refractivity contribution >= 4 is 84.8 Å². The van der Waals surface area contributed by atoms with Gasteiger partial charge < -0.3 is 4.57 Å². The first-order valence-electron chi connectivity index (χ1n) is 17.3. The smallest absolute Gasteiger partial charge is 0.0541 e. The average Bonchev–Trinajstić information content (AvgIpc) is 3.87. The summed E-state index contributed by atoms with van der Waals surface area (Å²) >= 11 is 3.82. The Kier molecular flexibility index (Phi) is 6.36. The van der Waals surface area contributed by atoms with Crippen LogP contribution in [0.5, 0.6) is 0 Å². The lowest BCUT2D eigenvalue weighted by molar-refractivity contribution is 1.18. The molecule has 3 heterocycles. The largest absolute Gasteiger partial charge is 0.309 e. The van der Waals surface area contributed by atoms with Gasteiger partial charge in [0.05, 0.1) is 11.0 Å². The molecule has 11 rings (SSSR count). The van der Waals surface area contributed by atoms with Crippen LogP contribution in [0.15, 0.2) is 176 Å². The normalized spacial score (nSPS) is 11.9. The second-order valence-electron chi connectivity index (χ2n) is 13.3. The first kappa shape index (κ1) is 28.8. The Morgan fingerprint density at radius 1 is 0.333 bits per heavy atom. The van der Waals surface area contributed by atoms with Crippen molar-refractivity contribution in [2.45, 2.75) is 0 Å². The van der Waals surface area contributed by atoms with Crippen LogP contribution in [0.4, 0.5) is 0 Å². The molecule has 0 aliphatic rings. The topological polar surface area (TPSA) is 4.93 Å². The van der Waals surface area contributed by atoms with E-state index in [2.05, 4.69) is 180 Å². The van der Waals surface area contributed by atoms with Crippen molar-refractivity contribution in [2.75, 3.05) is 0 Å². The molecule has 0 bridgehead atoms. The van der Waals surface area contributed by atoms with Gasteiger partial charge in [0.25, 0.3) is 0 Å². The molecule has 1 nitrogen and oxygen atoms in total. The minimum Gasteiger partial charge on any atom is -0.309 e. The Bertz CT molecular complexity index is 3010. The molecule has 11 aromatic rings. The van der Waals surface area contributed by atoms with Gasteiger partial charge in [0.1, 0.15) is 0 Å². The predicted molar refractivity (Wildman–Crippen MR) is 223 cm³/mol. The Morgan fingerprint density at radius 2 is 0.922 bits per heavy atom. The summed E-state index contributed by atoms with van der Waals surface area (Å²) in [6.07, 6.45) is 0. The van der Waals surface area contributed by atoms with Crippen molar-refractivity contribution < 1.29 is 0 Å². The fourth-order valence-electron chi connectivity index (χ4n) is 8.04. The molecule has 3 aromatic heterocycles. The first-order valence-corrected chi connectivity index (χ1v) is 19.0. The Morgan fingerprint density at radius 3 is 1.61 bits per heavy atom. The summed E-state index contributed by atoms with van der Waals surface area (Å²) in [4.78, 5) is 0. The maximum atomic E-state index is 2.43. The summed E-state index contributed by atoms with van der Waals surface area (Å²) < 4.78 is 7.85. The summed E-state index contributed by atoms with van der Waals surface area (Å²) in [5.74, 6) is 0. The summed E-state index contributed by atoms with van der Waals surface area (Å²) in [6.45, 7) is 0. The zero-order chi connectivity index (χ0) is 33.5. The summed E-state index contributed by atoms with van der Waals surface area (Å²) in [5, 5.41) is 7.97. The number of nitrogens with zero attached hydrogens (tertiary/aromatic N) is 1. The van der Waals surface area contributed by atoms with E-state index in [1.807, 2.05) is 22.7 Å². The molecule has 0 N–H and O–H groups in total. The number of fused-ring (bicyclic) bond motifs is 10. The molecular weight excluding hydrogens is 655 g/mol. The molecule has 51 heavy (non-hydrogen) atoms. The van der Waals surface area contributed by atoms with Gasteiger partial charge in [0.15, 0.2) is 0 Å². The minimum atomic E-state index is 1.16. The van der Waals surface area contributed by atoms with Gasteiger partial charge in [-0.2, -0.15) is 0 Å². The van der Waals surface area contributed by atoms with Crippen molar-refractivity contribution in [2.24, 2.45) is 0 Å². The average molecular weight is 684 g/mol. The molecule has 238 valence electrons. The maximum absolute atomic E-state index is 2.43. The van der Waals surface area contributed by atoms with E-state index in [-0.39, 0.29) is 0 Å². The number of thiophene rings is 2. The number of aromatic nitrogens is 1. The van der Waals surface area contributed by atoms with Crippen LogP contribution in [0.2, 0.25) is 0 Å². The van der Waals surface area contributed by atoms with E-state index in [0.717, 1.165) is 5.69 Å². The zero-order valence-electron chi connectivity index (χ0n) is 27.5. The lowest BCUT2D eigenvalue weighted by atomic mass is 9.98. The van der Waals surface area contributed by atoms with Gasteiger partial charge in [0, 0.05) is 56.8 Å². The number of benzene rings is 8. The predicted octanol–water partition coefficient (Wildman–Crippen LogP) is 14.5. The van der Waals surface area contributed by atoms with Crippen LogP contribution < -0.4 is 0 Å². The first-order chi connectivity index (χ1) is 25.3. The highest BCUT2D eigenvalue weighted by molar-refractivity contribution is 7.29. The van der Waals surface area contributed by atoms with Gasteiger partial charge >= 0.3 is 0 Å². The van der Waals surface area contributed by atoms with E-state index in [1.54, 1.807) is 0 Å². The molecule has 0 spiro atoms. The van der Waals surface area contributed by atoms with E-state index in [0.29, 0.717) is 0 Å². The molecule has 0 aliphatic heterocycles. The highest BCUT2D eigenvalue weighted by atomic mass is 32.1. The molecule has 0 amide bonds. The lowest BCUT2D eigenvalue weighted by Gasteiger charge is -2.11. The Balaban J connectivity index is 1.10. The van der Waals surface area contributed by atoms with Gasteiger partial charge in [-0.3, -0.25) is 0 Å². The van der Waals surface area contributed by atoms with Crippen LogP contribution in [0.1, 0.15) is 0 Å². The number of hydrogen-bond donors (Lipinski definition) is 0. The fourth-order valence-corrected chi connectivity index (χ4v) is 10.5. The monoisotopic (exact) mass is 683 g/mol. The third-order valence-electron chi connectivity index (χ3n) is 10.4. The third-order valence-corrected chi connectivity index (χ3v) is 12.7. The quantitative estimate of drug-likeness (QED) is 0.174. The van der Waals surface area contributed by atoms with Crippen LogP contribution in [0, 0.1) is 0 Å². The van der Waals surface area contributed by atoms with Gasteiger partial charge in [-0.25, -0.2) is 0 Å². The summed E-state index contributed by atoms with van der Waals surface area (Å²) in [5.41, 5.74) is 11.0. The molecular formula is C48H29NS2. The lowest BCUT2D eigenvalue weighted by Crippen LogP contribution is -1.94. The van der Waals surface area contributed by atoms with E-state index in [9.17, 15) is 0 Å². The van der Waals surface area contributed by atoms with Crippen molar-refractivity contribution in [1.29, 1.82) is 0 Å². The second kappa shape index (κ2) is 11.3. The molecule has 0 aliphatic carbocycles. The van der Waals surface area contributed by atoms with Crippen molar-refractivity contribution in [3.63, 3.8) is 0 Å². The Labute approximate surface area is 302 Å². The molecule has 0 unspecified atom stereocenters. The van der Waals surface area contributed by atoms with E-state index < -0.39 is 0 Å². The van der Waals surface area contributed by atoms with E-state index in [1.165, 1.54) is 95.5 Å². The number of rotatable bonds is 4. The standard InChI is InChI=1S/C48H29NS2/c1-3-10-30(11-4-1)33-20-25-41-39(28-33)40-29-34(31-12-5-2-6-13-31)21-26-42(40)49(41)35-22-18-32(19-23-35)36-15-9-17-44-46(36)47-45(50-44)27-24-38-37-14-7-8-16-43(37)51-48(38)47/h1-29H. The molecule has 8 aromatic carbocycles. The van der Waals surface area contributed by atoms with Gasteiger partial charge in [-0.15, -0.1) is 22.7 Å². The van der Waals surface area contributed by atoms with Crippen LogP contribution in [0.25, 0.3) is 101 Å². The van der Waals surface area contributed by atoms with E-state index in [4.69, 9.17) is 0 Å². The fraction of sp³-hybridized carbons (Fsp3) is 0. The molecule has 0 fully saturated rings. The molecule has 0 atom stereocenters. The molecule has 0 saturated heterocycles. The van der Waals surface area contributed by atoms with Crippen LogP contribution in [0.3, 0.4) is 0 Å². The van der Waals surface area contributed by atoms with E-state index >= 15 is 0 Å². The highest BCUT2D eigenvalue weighted by Gasteiger charge is 2.18. The van der Waals surface area contributed by atoms with Gasteiger partial charge in [0.2, 0.25) is 0 Å². The number of hydrogen-bond acceptors (Lipinski definition) is 2. The molecule has 0 radical (unpaired) electrons. The maximum Gasteiger partial charge on any atom is 0.0541 e. The van der Waals surface area contributed by atoms with Crippen LogP contribution >= 0.6 is 22.7 Å². The van der Waals surface area contributed by atoms with Crippen molar-refractivity contribution in [3.8, 4) is 39.1 Å². The SMILES string of the molecule is c1ccc(-c2ccc3c(c2)c2cc(-c4ccccc4)ccc2n3-c2ccc(-c3cccc4sc5ccc6c7ccccc7sc6c5c34)cc2)cc1. The third kappa shape index (κ3) is 4.45. The van der Waals surface area contributed by atoms with Crippen molar-refractivity contribution in [3.05, 3.63) is 176 Å². The van der Waals surface area contributed by atoms with Gasteiger partial charge in [-0.05, 0) is 88.0 Å². The summed E-state index contributed by atoms with van der Waals surface area (Å²) in [7, 11) is 0. The highest BCUT2D eigenvalue weighted by Crippen LogP contribution is 2.47. The van der Waals surface area contributed by atoms with Gasteiger partial charge in [-0.1, -0.05) is 121 Å². The van der Waals surface area contributed by atoms with Crippen LogP contribution in [-0.4, -0.2) is 4.57 Å². The zero-order valence-corrected chi connectivity index (χ0v) is 29.1. The molecule has 3 heteroatoms. The Hall–Kier alpha value is -6.00. The molecule has 0 saturated carbocycles. The van der Waals surface area contributed by atoms with Crippen molar-refractivity contribution in [1.82, 2.24) is 4.57 Å². The minimum absolute atomic E-state index is 1.16. The summed E-state index contributed by atoms with van der Waals surface area (Å²) in [6, 6.07) is 64.7. The second-order valence-corrected chi connectivity index (χ2v) is 15.4. The van der Waals surface area contributed by atoms with Crippen LogP contribution in [-0.2, 0) is 0 Å².